The number of alkyl carbamates (subject to hydrolysis) is 1. The minimum atomic E-state index is -0.517. The molecule has 1 aromatic heterocycles. The number of carbonyl (C=O) groups is 2. The molecule has 1 heterocycles. The molecule has 0 radical (unpaired) electrons. The molecule has 118 valence electrons. The van der Waals surface area contributed by atoms with Crippen LogP contribution in [-0.2, 0) is 16.0 Å². The van der Waals surface area contributed by atoms with E-state index in [9.17, 15) is 9.59 Å². The van der Waals surface area contributed by atoms with Gasteiger partial charge in [0, 0.05) is 19.3 Å². The van der Waals surface area contributed by atoms with Gasteiger partial charge in [0.05, 0.1) is 12.8 Å². The number of ether oxygens (including phenoxy) is 2. The van der Waals surface area contributed by atoms with Crippen molar-refractivity contribution in [1.29, 1.82) is 0 Å². The van der Waals surface area contributed by atoms with Crippen LogP contribution in [0.3, 0.4) is 0 Å². The molecule has 0 saturated heterocycles. The molecule has 1 rings (SSSR count). The van der Waals surface area contributed by atoms with Crippen molar-refractivity contribution < 1.29 is 19.1 Å². The van der Waals surface area contributed by atoms with Crippen LogP contribution in [0.5, 0.6) is 0 Å². The number of rotatable bonds is 5. The fourth-order valence-corrected chi connectivity index (χ4v) is 1.75. The van der Waals surface area contributed by atoms with E-state index in [1.54, 1.807) is 37.6 Å². The summed E-state index contributed by atoms with van der Waals surface area (Å²) in [6.07, 6.45) is 1.85. The summed E-state index contributed by atoms with van der Waals surface area (Å²) in [6.45, 7) is 6.39. The maximum atomic E-state index is 11.6. The molecule has 0 aromatic carbocycles. The summed E-state index contributed by atoms with van der Waals surface area (Å²) >= 11 is 0. The van der Waals surface area contributed by atoms with Crippen LogP contribution in [0.2, 0.25) is 0 Å². The summed E-state index contributed by atoms with van der Waals surface area (Å²) in [4.78, 5) is 23.0. The first-order valence-corrected chi connectivity index (χ1v) is 6.74. The molecule has 1 amide bonds. The zero-order chi connectivity index (χ0) is 16.0. The quantitative estimate of drug-likeness (QED) is 0.638. The number of anilines is 1. The van der Waals surface area contributed by atoms with Crippen LogP contribution in [-0.4, -0.2) is 35.9 Å². The largest absolute Gasteiger partial charge is 0.464 e. The monoisotopic (exact) mass is 297 g/mol. The van der Waals surface area contributed by atoms with E-state index >= 15 is 0 Å². The van der Waals surface area contributed by atoms with E-state index in [2.05, 4.69) is 10.1 Å². The number of aryl methyl sites for hydroxylation is 1. The van der Waals surface area contributed by atoms with E-state index in [0.29, 0.717) is 30.9 Å². The van der Waals surface area contributed by atoms with Crippen molar-refractivity contribution in [3.8, 4) is 0 Å². The molecular weight excluding hydrogens is 274 g/mol. The summed E-state index contributed by atoms with van der Waals surface area (Å²) in [7, 11) is 1.32. The number of hydrogen-bond acceptors (Lipinski definition) is 5. The fraction of sp³-hybridized carbons (Fsp3) is 0.571. The third kappa shape index (κ3) is 5.76. The Hall–Kier alpha value is -2.18. The van der Waals surface area contributed by atoms with Gasteiger partial charge in [-0.25, -0.2) is 9.59 Å². The number of carbonyl (C=O) groups excluding carboxylic acids is 2. The molecule has 7 heteroatoms. The predicted octanol–water partition coefficient (Wildman–Crippen LogP) is 1.77. The summed E-state index contributed by atoms with van der Waals surface area (Å²) in [5, 5.41) is 2.66. The van der Waals surface area contributed by atoms with Crippen molar-refractivity contribution in [1.82, 2.24) is 9.88 Å². The zero-order valence-corrected chi connectivity index (χ0v) is 12.9. The Morgan fingerprint density at radius 1 is 1.38 bits per heavy atom. The SMILES string of the molecule is COC(=O)c1cc(N)cn1CCCNC(=O)OC(C)(C)C. The average Bonchev–Trinajstić information content (AvgIpc) is 2.73. The van der Waals surface area contributed by atoms with Crippen LogP contribution >= 0.6 is 0 Å². The minimum Gasteiger partial charge on any atom is -0.464 e. The lowest BCUT2D eigenvalue weighted by Gasteiger charge is -2.19. The Kier molecular flexibility index (Phi) is 5.63. The molecule has 0 unspecified atom stereocenters. The highest BCUT2D eigenvalue weighted by Crippen LogP contribution is 2.12. The third-order valence-electron chi connectivity index (χ3n) is 2.56. The molecule has 0 saturated carbocycles. The second-order valence-electron chi connectivity index (χ2n) is 5.63. The van der Waals surface area contributed by atoms with Crippen LogP contribution in [0, 0.1) is 0 Å². The molecule has 1 aromatic rings. The second kappa shape index (κ2) is 7.01. The molecule has 0 fully saturated rings. The zero-order valence-electron chi connectivity index (χ0n) is 12.9. The number of hydrogen-bond donors (Lipinski definition) is 2. The van der Waals surface area contributed by atoms with Gasteiger partial charge < -0.3 is 25.1 Å². The maximum Gasteiger partial charge on any atom is 0.407 e. The topological polar surface area (TPSA) is 95.6 Å². The highest BCUT2D eigenvalue weighted by Gasteiger charge is 2.16. The van der Waals surface area contributed by atoms with E-state index in [1.807, 2.05) is 0 Å². The van der Waals surface area contributed by atoms with Gasteiger partial charge in [0.2, 0.25) is 0 Å². The van der Waals surface area contributed by atoms with E-state index in [1.165, 1.54) is 7.11 Å². The summed E-state index contributed by atoms with van der Waals surface area (Å²) in [5.74, 6) is -0.438. The number of nitrogens with zero attached hydrogens (tertiary/aromatic N) is 1. The molecule has 21 heavy (non-hydrogen) atoms. The normalized spacial score (nSPS) is 11.0. The molecule has 0 atom stereocenters. The number of nitrogen functional groups attached to an aromatic ring is 1. The highest BCUT2D eigenvalue weighted by atomic mass is 16.6. The number of nitrogens with two attached hydrogens (primary N) is 1. The number of esters is 1. The predicted molar refractivity (Wildman–Crippen MR) is 79.0 cm³/mol. The molecule has 0 aliphatic heterocycles. The molecule has 0 aliphatic carbocycles. The van der Waals surface area contributed by atoms with Crippen molar-refractivity contribution in [3.05, 3.63) is 18.0 Å². The second-order valence-corrected chi connectivity index (χ2v) is 5.63. The first kappa shape index (κ1) is 16.9. The van der Waals surface area contributed by atoms with Crippen LogP contribution < -0.4 is 11.1 Å². The third-order valence-corrected chi connectivity index (χ3v) is 2.56. The van der Waals surface area contributed by atoms with Gasteiger partial charge >= 0.3 is 12.1 Å². The van der Waals surface area contributed by atoms with Gasteiger partial charge in [-0.3, -0.25) is 0 Å². The molecular formula is C14H23N3O4. The van der Waals surface area contributed by atoms with Crippen LogP contribution in [0.4, 0.5) is 10.5 Å². The van der Waals surface area contributed by atoms with E-state index < -0.39 is 17.7 Å². The van der Waals surface area contributed by atoms with Crippen molar-refractivity contribution in [3.63, 3.8) is 0 Å². The van der Waals surface area contributed by atoms with Crippen molar-refractivity contribution in [2.45, 2.75) is 39.3 Å². The first-order chi connectivity index (χ1) is 9.73. The molecule has 0 spiro atoms. The minimum absolute atomic E-state index is 0.396. The Labute approximate surface area is 124 Å². The van der Waals surface area contributed by atoms with Gasteiger partial charge in [-0.1, -0.05) is 0 Å². The van der Waals surface area contributed by atoms with Gasteiger partial charge in [0.1, 0.15) is 11.3 Å². The van der Waals surface area contributed by atoms with E-state index in [4.69, 9.17) is 10.5 Å². The van der Waals surface area contributed by atoms with Crippen LogP contribution in [0.1, 0.15) is 37.7 Å². The standard InChI is InChI=1S/C14H23N3O4/c1-14(2,3)21-13(19)16-6-5-7-17-9-10(15)8-11(17)12(18)20-4/h8-9H,5-7,15H2,1-4H3,(H,16,19). The van der Waals surface area contributed by atoms with Crippen LogP contribution in [0.25, 0.3) is 0 Å². The summed E-state index contributed by atoms with van der Waals surface area (Å²) in [6, 6.07) is 1.56. The maximum absolute atomic E-state index is 11.6. The number of amides is 1. The lowest BCUT2D eigenvalue weighted by Crippen LogP contribution is -2.33. The van der Waals surface area contributed by atoms with Gasteiger partial charge in [0.15, 0.2) is 0 Å². The first-order valence-electron chi connectivity index (χ1n) is 6.74. The molecule has 0 aliphatic rings. The Balaban J connectivity index is 2.43. The number of methoxy groups -OCH3 is 1. The summed E-state index contributed by atoms with van der Waals surface area (Å²) < 4.78 is 11.5. The molecule has 3 N–H and O–H groups in total. The summed E-state index contributed by atoms with van der Waals surface area (Å²) in [5.41, 5.74) is 6.05. The van der Waals surface area contributed by atoms with Crippen LogP contribution in [0.15, 0.2) is 12.3 Å². The van der Waals surface area contributed by atoms with Crippen molar-refractivity contribution >= 4 is 17.7 Å². The number of nitrogens with one attached hydrogen (secondary N) is 1. The van der Waals surface area contributed by atoms with Gasteiger partial charge in [0.25, 0.3) is 0 Å². The van der Waals surface area contributed by atoms with Gasteiger partial charge in [-0.2, -0.15) is 0 Å². The van der Waals surface area contributed by atoms with E-state index in [-0.39, 0.29) is 0 Å². The molecule has 0 bridgehead atoms. The lowest BCUT2D eigenvalue weighted by atomic mass is 10.2. The number of aromatic nitrogens is 1. The van der Waals surface area contributed by atoms with Crippen molar-refractivity contribution in [2.24, 2.45) is 0 Å². The Bertz CT molecular complexity index is 503. The van der Waals surface area contributed by atoms with E-state index in [0.717, 1.165) is 0 Å². The fourth-order valence-electron chi connectivity index (χ4n) is 1.75. The van der Waals surface area contributed by atoms with Gasteiger partial charge in [-0.15, -0.1) is 0 Å². The lowest BCUT2D eigenvalue weighted by molar-refractivity contribution is 0.0523. The Morgan fingerprint density at radius 3 is 2.62 bits per heavy atom. The average molecular weight is 297 g/mol. The van der Waals surface area contributed by atoms with Gasteiger partial charge in [-0.05, 0) is 33.3 Å². The van der Waals surface area contributed by atoms with Crippen molar-refractivity contribution in [2.75, 3.05) is 19.4 Å². The Morgan fingerprint density at radius 2 is 2.05 bits per heavy atom. The highest BCUT2D eigenvalue weighted by molar-refractivity contribution is 5.88. The molecule has 7 nitrogen and oxygen atoms in total. The smallest absolute Gasteiger partial charge is 0.407 e.